The summed E-state index contributed by atoms with van der Waals surface area (Å²) in [4.78, 5) is 23.8. The van der Waals surface area contributed by atoms with E-state index in [2.05, 4.69) is 16.0 Å². The fourth-order valence-electron chi connectivity index (χ4n) is 3.37. The van der Waals surface area contributed by atoms with E-state index in [1.807, 2.05) is 6.92 Å². The van der Waals surface area contributed by atoms with E-state index in [0.717, 1.165) is 32.3 Å². The van der Waals surface area contributed by atoms with Crippen LogP contribution in [0.3, 0.4) is 0 Å². The minimum Gasteiger partial charge on any atom is -0.379 e. The summed E-state index contributed by atoms with van der Waals surface area (Å²) in [5.74, 6) is 0.0347. The standard InChI is InChI=1S/C17H31N3O3/c1-17(10-6-12-23-13-17)20-15(21)9-5-11-18-16(22)19-14-7-3-2-4-8-14/h14H,2-13H2,1H3,(H,20,21)(H2,18,19,22). The monoisotopic (exact) mass is 325 g/mol. The number of ether oxygens (including phenoxy) is 1. The van der Waals surface area contributed by atoms with Crippen LogP contribution in [0.25, 0.3) is 0 Å². The molecule has 1 atom stereocenters. The highest BCUT2D eigenvalue weighted by atomic mass is 16.5. The van der Waals surface area contributed by atoms with Gasteiger partial charge in [-0.15, -0.1) is 0 Å². The van der Waals surface area contributed by atoms with Crippen LogP contribution in [0.15, 0.2) is 0 Å². The molecule has 1 saturated heterocycles. The van der Waals surface area contributed by atoms with E-state index >= 15 is 0 Å². The van der Waals surface area contributed by atoms with Crippen molar-refractivity contribution in [2.45, 2.75) is 76.3 Å². The average molecular weight is 325 g/mol. The highest BCUT2D eigenvalue weighted by Gasteiger charge is 2.28. The van der Waals surface area contributed by atoms with Gasteiger partial charge in [0.15, 0.2) is 0 Å². The van der Waals surface area contributed by atoms with Gasteiger partial charge in [-0.05, 0) is 39.0 Å². The fraction of sp³-hybridized carbons (Fsp3) is 0.882. The molecule has 3 N–H and O–H groups in total. The topological polar surface area (TPSA) is 79.5 Å². The van der Waals surface area contributed by atoms with Crippen LogP contribution in [0.2, 0.25) is 0 Å². The first-order valence-corrected chi connectivity index (χ1v) is 9.00. The maximum atomic E-state index is 12.0. The second-order valence-electron chi connectivity index (χ2n) is 7.10. The largest absolute Gasteiger partial charge is 0.379 e. The lowest BCUT2D eigenvalue weighted by molar-refractivity contribution is -0.124. The minimum atomic E-state index is -0.235. The summed E-state index contributed by atoms with van der Waals surface area (Å²) in [6.07, 6.45) is 8.87. The Kier molecular flexibility index (Phi) is 7.15. The molecule has 0 spiro atoms. The van der Waals surface area contributed by atoms with Gasteiger partial charge in [-0.25, -0.2) is 4.79 Å². The number of carbonyl (C=O) groups is 2. The van der Waals surface area contributed by atoms with Gasteiger partial charge in [0.1, 0.15) is 0 Å². The maximum absolute atomic E-state index is 12.0. The molecule has 1 saturated carbocycles. The lowest BCUT2D eigenvalue weighted by atomic mass is 9.94. The number of rotatable bonds is 6. The smallest absolute Gasteiger partial charge is 0.315 e. The summed E-state index contributed by atoms with van der Waals surface area (Å²) >= 11 is 0. The highest BCUT2D eigenvalue weighted by Crippen LogP contribution is 2.18. The van der Waals surface area contributed by atoms with Gasteiger partial charge < -0.3 is 20.7 Å². The first-order valence-electron chi connectivity index (χ1n) is 9.00. The molecule has 6 nitrogen and oxygen atoms in total. The highest BCUT2D eigenvalue weighted by molar-refractivity contribution is 5.77. The number of nitrogens with one attached hydrogen (secondary N) is 3. The predicted octanol–water partition coefficient (Wildman–Crippen LogP) is 2.08. The average Bonchev–Trinajstić information content (AvgIpc) is 2.53. The molecule has 1 aliphatic carbocycles. The number of amides is 3. The third kappa shape index (κ3) is 6.77. The molecule has 1 heterocycles. The Balaban J connectivity index is 1.53. The Morgan fingerprint density at radius 1 is 1.17 bits per heavy atom. The van der Waals surface area contributed by atoms with Crippen LogP contribution in [0.4, 0.5) is 4.79 Å². The number of carbonyl (C=O) groups excluding carboxylic acids is 2. The molecule has 3 amide bonds. The van der Waals surface area contributed by atoms with Gasteiger partial charge >= 0.3 is 6.03 Å². The van der Waals surface area contributed by atoms with Crippen molar-refractivity contribution in [1.82, 2.24) is 16.0 Å². The van der Waals surface area contributed by atoms with E-state index in [1.54, 1.807) is 0 Å². The molecular formula is C17H31N3O3. The number of hydrogen-bond donors (Lipinski definition) is 3. The Morgan fingerprint density at radius 2 is 1.96 bits per heavy atom. The summed E-state index contributed by atoms with van der Waals surface area (Å²) in [5.41, 5.74) is -0.235. The van der Waals surface area contributed by atoms with E-state index in [1.165, 1.54) is 19.3 Å². The van der Waals surface area contributed by atoms with Gasteiger partial charge in [0.2, 0.25) is 5.91 Å². The normalized spacial score (nSPS) is 25.6. The molecule has 2 rings (SSSR count). The van der Waals surface area contributed by atoms with Gasteiger partial charge in [-0.1, -0.05) is 19.3 Å². The van der Waals surface area contributed by atoms with Gasteiger partial charge in [0, 0.05) is 25.6 Å². The molecule has 2 fully saturated rings. The molecule has 2 aliphatic rings. The van der Waals surface area contributed by atoms with Crippen LogP contribution in [0.1, 0.15) is 64.7 Å². The van der Waals surface area contributed by atoms with E-state index < -0.39 is 0 Å². The quantitative estimate of drug-likeness (QED) is 0.654. The van der Waals surface area contributed by atoms with Crippen molar-refractivity contribution < 1.29 is 14.3 Å². The van der Waals surface area contributed by atoms with Gasteiger partial charge in [-0.2, -0.15) is 0 Å². The summed E-state index contributed by atoms with van der Waals surface area (Å²) in [7, 11) is 0. The first-order chi connectivity index (χ1) is 11.1. The first kappa shape index (κ1) is 18.0. The van der Waals surface area contributed by atoms with E-state index in [9.17, 15) is 9.59 Å². The van der Waals surface area contributed by atoms with Crippen molar-refractivity contribution in [2.75, 3.05) is 19.8 Å². The second-order valence-corrected chi connectivity index (χ2v) is 7.10. The van der Waals surface area contributed by atoms with Gasteiger partial charge in [-0.3, -0.25) is 4.79 Å². The molecule has 0 radical (unpaired) electrons. The zero-order valence-electron chi connectivity index (χ0n) is 14.3. The number of urea groups is 1. The predicted molar refractivity (Wildman–Crippen MR) is 89.2 cm³/mol. The SMILES string of the molecule is CC1(NC(=O)CCCNC(=O)NC2CCCCC2)CCCOC1. The van der Waals surface area contributed by atoms with Crippen LogP contribution >= 0.6 is 0 Å². The molecule has 1 unspecified atom stereocenters. The summed E-state index contributed by atoms with van der Waals surface area (Å²) < 4.78 is 5.44. The maximum Gasteiger partial charge on any atom is 0.315 e. The van der Waals surface area contributed by atoms with Gasteiger partial charge in [0.05, 0.1) is 12.1 Å². The van der Waals surface area contributed by atoms with Crippen molar-refractivity contribution in [2.24, 2.45) is 0 Å². The third-order valence-electron chi connectivity index (χ3n) is 4.69. The summed E-state index contributed by atoms with van der Waals surface area (Å²) in [6, 6.07) is 0.211. The van der Waals surface area contributed by atoms with Crippen molar-refractivity contribution >= 4 is 11.9 Å². The molecule has 132 valence electrons. The molecule has 0 aromatic heterocycles. The van der Waals surface area contributed by atoms with Crippen molar-refractivity contribution in [3.8, 4) is 0 Å². The zero-order chi connectivity index (χ0) is 16.5. The minimum absolute atomic E-state index is 0.0347. The molecule has 0 aromatic carbocycles. The van der Waals surface area contributed by atoms with E-state index in [-0.39, 0.29) is 17.5 Å². The van der Waals surface area contributed by atoms with E-state index in [4.69, 9.17) is 4.74 Å². The molecule has 0 aromatic rings. The lowest BCUT2D eigenvalue weighted by Crippen LogP contribution is -2.51. The molecule has 6 heteroatoms. The lowest BCUT2D eigenvalue weighted by Gasteiger charge is -2.34. The fourth-order valence-corrected chi connectivity index (χ4v) is 3.37. The number of hydrogen-bond acceptors (Lipinski definition) is 3. The zero-order valence-corrected chi connectivity index (χ0v) is 14.3. The Labute approximate surface area is 139 Å². The molecule has 0 bridgehead atoms. The van der Waals surface area contributed by atoms with Crippen LogP contribution in [-0.2, 0) is 9.53 Å². The Bertz CT molecular complexity index is 389. The Morgan fingerprint density at radius 3 is 2.65 bits per heavy atom. The van der Waals surface area contributed by atoms with Crippen LogP contribution in [0, 0.1) is 0 Å². The van der Waals surface area contributed by atoms with Crippen LogP contribution in [0.5, 0.6) is 0 Å². The second kappa shape index (κ2) is 9.11. The van der Waals surface area contributed by atoms with Crippen LogP contribution in [-0.4, -0.2) is 43.3 Å². The Hall–Kier alpha value is -1.30. The summed E-state index contributed by atoms with van der Waals surface area (Å²) in [5, 5.41) is 8.91. The van der Waals surface area contributed by atoms with E-state index in [0.29, 0.717) is 32.0 Å². The van der Waals surface area contributed by atoms with Gasteiger partial charge in [0.25, 0.3) is 0 Å². The third-order valence-corrected chi connectivity index (χ3v) is 4.69. The molecule has 1 aliphatic heterocycles. The van der Waals surface area contributed by atoms with Crippen LogP contribution < -0.4 is 16.0 Å². The van der Waals surface area contributed by atoms with Crippen molar-refractivity contribution in [3.63, 3.8) is 0 Å². The molecule has 23 heavy (non-hydrogen) atoms. The molecular weight excluding hydrogens is 294 g/mol. The summed E-state index contributed by atoms with van der Waals surface area (Å²) in [6.45, 7) is 3.92. The van der Waals surface area contributed by atoms with Crippen molar-refractivity contribution in [3.05, 3.63) is 0 Å². The van der Waals surface area contributed by atoms with Crippen molar-refractivity contribution in [1.29, 1.82) is 0 Å².